The van der Waals surface area contributed by atoms with Gasteiger partial charge in [-0.2, -0.15) is 10.2 Å². The summed E-state index contributed by atoms with van der Waals surface area (Å²) in [5, 5.41) is 13.3. The number of rotatable bonds is 6. The van der Waals surface area contributed by atoms with E-state index in [2.05, 4.69) is 166 Å². The van der Waals surface area contributed by atoms with Gasteiger partial charge in [-0.05, 0) is 72.2 Å². The van der Waals surface area contributed by atoms with Crippen LogP contribution in [0.3, 0.4) is 0 Å². The first-order valence-corrected chi connectivity index (χ1v) is 17.6. The Kier molecular flexibility index (Phi) is 6.28. The third-order valence-corrected chi connectivity index (χ3v) is 12.5. The highest BCUT2D eigenvalue weighted by atomic mass is 15.3. The molecule has 1 aliphatic heterocycles. The second-order valence-corrected chi connectivity index (χ2v) is 15.4. The van der Waals surface area contributed by atoms with Crippen LogP contribution in [0.5, 0.6) is 0 Å². The van der Waals surface area contributed by atoms with Crippen LogP contribution in [-0.4, -0.2) is 28.9 Å². The Bertz CT molecular complexity index is 2560. The fourth-order valence-corrected chi connectivity index (χ4v) is 8.79. The molecule has 248 valence electrons. The minimum absolute atomic E-state index is 0.196. The van der Waals surface area contributed by atoms with Crippen molar-refractivity contribution in [1.29, 1.82) is 0 Å². The maximum atomic E-state index is 5.83. The largest absolute Gasteiger partial charge is 0.295 e. The van der Waals surface area contributed by atoms with Crippen molar-refractivity contribution in [3.63, 3.8) is 0 Å². The predicted octanol–water partition coefficient (Wildman–Crippen LogP) is 9.53. The van der Waals surface area contributed by atoms with Gasteiger partial charge in [0.1, 0.15) is 16.7 Å². The third kappa shape index (κ3) is 3.76. The van der Waals surface area contributed by atoms with Crippen molar-refractivity contribution in [2.24, 2.45) is 0 Å². The van der Waals surface area contributed by atoms with Crippen LogP contribution in [0.1, 0.15) is 80.7 Å². The van der Waals surface area contributed by atoms with Gasteiger partial charge in [-0.25, -0.2) is 4.98 Å². The number of nitrogens with zero attached hydrogens (tertiary/aromatic N) is 6. The van der Waals surface area contributed by atoms with Gasteiger partial charge in [0, 0.05) is 46.4 Å². The van der Waals surface area contributed by atoms with Crippen LogP contribution in [0, 0.1) is 6.92 Å². The number of hydrogen-bond acceptors (Lipinski definition) is 3. The lowest BCUT2D eigenvalue weighted by Gasteiger charge is -2.47. The summed E-state index contributed by atoms with van der Waals surface area (Å²) in [5.41, 5.74) is 8.84. The molecule has 50 heavy (non-hydrogen) atoms. The van der Waals surface area contributed by atoms with E-state index in [9.17, 15) is 0 Å². The van der Waals surface area contributed by atoms with Gasteiger partial charge in [-0.3, -0.25) is 13.8 Å². The van der Waals surface area contributed by atoms with Crippen molar-refractivity contribution in [3.8, 4) is 0 Å². The zero-order valence-electron chi connectivity index (χ0n) is 29.8. The number of aryl methyl sites for hydroxylation is 1. The molecule has 1 unspecified atom stereocenters. The van der Waals surface area contributed by atoms with E-state index in [0.29, 0.717) is 0 Å². The Hall–Kier alpha value is -5.49. The molecular weight excluding hydrogens is 613 g/mol. The van der Waals surface area contributed by atoms with Crippen LogP contribution >= 0.6 is 0 Å². The summed E-state index contributed by atoms with van der Waals surface area (Å²) >= 11 is 0. The van der Waals surface area contributed by atoms with Crippen molar-refractivity contribution >= 4 is 27.3 Å². The molecule has 0 bridgehead atoms. The lowest BCUT2D eigenvalue weighted by molar-refractivity contribution is 0.278. The summed E-state index contributed by atoms with van der Waals surface area (Å²) in [6, 6.07) is 37.1. The minimum Gasteiger partial charge on any atom is -0.295 e. The van der Waals surface area contributed by atoms with Gasteiger partial charge in [0.25, 0.3) is 0 Å². The standard InChI is InChI=1S/C44H42N6/c1-29-20-23-35-37-36(29)33-22-21-32(43(6,48-26-14-24-45-48)30-16-10-8-11-17-30)28-34(33)40-47-38(39(50(37)40)42(4,5)41(35,2)3)44(7,49-27-15-25-46-49)31-18-12-9-13-19-31/h8-28H,1-7H3/t43?,44-/m0/s1. The van der Waals surface area contributed by atoms with Crippen molar-refractivity contribution in [2.45, 2.75) is 70.4 Å². The average Bonchev–Trinajstić information content (AvgIpc) is 3.94. The fourth-order valence-electron chi connectivity index (χ4n) is 8.79. The van der Waals surface area contributed by atoms with Crippen LogP contribution < -0.4 is 0 Å². The molecule has 0 N–H and O–H groups in total. The second-order valence-electron chi connectivity index (χ2n) is 15.4. The second kappa shape index (κ2) is 10.3. The van der Waals surface area contributed by atoms with Gasteiger partial charge in [0.2, 0.25) is 0 Å². The first kappa shape index (κ1) is 30.6. The minimum atomic E-state index is -0.676. The molecule has 8 aromatic rings. The molecule has 4 aromatic heterocycles. The Balaban J connectivity index is 1.49. The summed E-state index contributed by atoms with van der Waals surface area (Å²) in [6.45, 7) is 16.4. The van der Waals surface area contributed by atoms with Crippen LogP contribution in [0.2, 0.25) is 0 Å². The van der Waals surface area contributed by atoms with Gasteiger partial charge in [0.05, 0.1) is 16.9 Å². The normalized spacial score (nSPS) is 17.3. The Morgan fingerprint density at radius 3 is 1.80 bits per heavy atom. The monoisotopic (exact) mass is 654 g/mol. The molecule has 5 heterocycles. The molecule has 0 saturated heterocycles. The number of fused-ring (bicyclic) bond motifs is 3. The molecule has 0 fully saturated rings. The highest BCUT2D eigenvalue weighted by Gasteiger charge is 2.51. The molecular formula is C44H42N6. The highest BCUT2D eigenvalue weighted by molar-refractivity contribution is 6.14. The third-order valence-electron chi connectivity index (χ3n) is 12.5. The summed E-state index contributed by atoms with van der Waals surface area (Å²) < 4.78 is 6.68. The Morgan fingerprint density at radius 2 is 1.20 bits per heavy atom. The molecule has 0 amide bonds. The van der Waals surface area contributed by atoms with E-state index in [1.54, 1.807) is 0 Å². The van der Waals surface area contributed by atoms with Crippen molar-refractivity contribution in [1.82, 2.24) is 28.9 Å². The van der Waals surface area contributed by atoms with Crippen molar-refractivity contribution in [2.75, 3.05) is 0 Å². The van der Waals surface area contributed by atoms with Crippen LogP contribution in [0.4, 0.5) is 0 Å². The zero-order chi connectivity index (χ0) is 34.6. The van der Waals surface area contributed by atoms with E-state index in [1.165, 1.54) is 38.7 Å². The number of pyridine rings is 1. The first-order chi connectivity index (χ1) is 24.0. The van der Waals surface area contributed by atoms with Crippen LogP contribution in [0.15, 0.2) is 128 Å². The van der Waals surface area contributed by atoms with Gasteiger partial charge >= 0.3 is 0 Å². The van der Waals surface area contributed by atoms with Crippen LogP contribution in [-0.2, 0) is 21.9 Å². The van der Waals surface area contributed by atoms with Gasteiger partial charge < -0.3 is 0 Å². The Morgan fingerprint density at radius 1 is 0.600 bits per heavy atom. The maximum absolute atomic E-state index is 5.83. The molecule has 6 heteroatoms. The summed E-state index contributed by atoms with van der Waals surface area (Å²) in [4.78, 5) is 5.83. The molecule has 0 radical (unpaired) electrons. The van der Waals surface area contributed by atoms with Gasteiger partial charge in [-0.15, -0.1) is 0 Å². The lowest BCUT2D eigenvalue weighted by atomic mass is 9.59. The van der Waals surface area contributed by atoms with E-state index >= 15 is 0 Å². The fraction of sp³-hybridized carbons (Fsp3) is 0.250. The van der Waals surface area contributed by atoms with E-state index in [-0.39, 0.29) is 10.8 Å². The molecule has 0 aliphatic carbocycles. The molecule has 6 nitrogen and oxygen atoms in total. The van der Waals surface area contributed by atoms with E-state index in [4.69, 9.17) is 15.2 Å². The van der Waals surface area contributed by atoms with Crippen LogP contribution in [0.25, 0.3) is 27.3 Å². The topological polar surface area (TPSA) is 52.9 Å². The smallest absolute Gasteiger partial charge is 0.145 e. The zero-order valence-corrected chi connectivity index (χ0v) is 29.8. The lowest BCUT2D eigenvalue weighted by Crippen LogP contribution is -2.47. The summed E-state index contributed by atoms with van der Waals surface area (Å²) in [7, 11) is 0. The van der Waals surface area contributed by atoms with E-state index in [0.717, 1.165) is 27.9 Å². The molecule has 1 aliphatic rings. The summed E-state index contributed by atoms with van der Waals surface area (Å²) in [5.74, 6) is 0. The molecule has 2 atom stereocenters. The van der Waals surface area contributed by atoms with Crippen molar-refractivity contribution in [3.05, 3.63) is 167 Å². The van der Waals surface area contributed by atoms with E-state index < -0.39 is 11.1 Å². The quantitative estimate of drug-likeness (QED) is 0.168. The molecule has 0 saturated carbocycles. The molecule has 0 spiro atoms. The van der Waals surface area contributed by atoms with Gasteiger partial charge in [0.15, 0.2) is 0 Å². The number of aromatic nitrogens is 6. The average molecular weight is 655 g/mol. The Labute approximate surface area is 293 Å². The number of benzene rings is 4. The first-order valence-electron chi connectivity index (χ1n) is 17.6. The maximum Gasteiger partial charge on any atom is 0.145 e. The number of imidazole rings is 1. The molecule has 9 rings (SSSR count). The van der Waals surface area contributed by atoms with Crippen molar-refractivity contribution < 1.29 is 0 Å². The summed E-state index contributed by atoms with van der Waals surface area (Å²) in [6.07, 6.45) is 7.87. The predicted molar refractivity (Wildman–Crippen MR) is 202 cm³/mol. The highest BCUT2D eigenvalue weighted by Crippen LogP contribution is 2.55. The SMILES string of the molecule is Cc1ccc2c3c1c1ccc(C(C)(c4ccccc4)n4cccn4)cc1c1nc([C@](C)(c4ccccc4)n4cccn4)c(n13)C(C)(C)C2(C)C. The van der Waals surface area contributed by atoms with Gasteiger partial charge in [-0.1, -0.05) is 113 Å². The van der Waals surface area contributed by atoms with E-state index in [1.807, 2.05) is 24.5 Å². The number of hydrogen-bond donors (Lipinski definition) is 0. The molecule has 4 aromatic carbocycles.